The number of nitrogens with zero attached hydrogens (tertiary/aromatic N) is 2. The van der Waals surface area contributed by atoms with Crippen LogP contribution in [0, 0.1) is 6.92 Å². The van der Waals surface area contributed by atoms with E-state index in [9.17, 15) is 0 Å². The van der Waals surface area contributed by atoms with Crippen molar-refractivity contribution in [3.05, 3.63) is 48.3 Å². The van der Waals surface area contributed by atoms with Crippen LogP contribution in [0.1, 0.15) is 5.56 Å². The van der Waals surface area contributed by atoms with E-state index in [-0.39, 0.29) is 0 Å². The maximum absolute atomic E-state index is 5.53. The summed E-state index contributed by atoms with van der Waals surface area (Å²) in [5.41, 5.74) is 1.21. The molecule has 0 aliphatic heterocycles. The highest BCUT2D eigenvalue weighted by molar-refractivity contribution is 5.30. The average molecular weight is 186 g/mol. The summed E-state index contributed by atoms with van der Waals surface area (Å²) in [6.45, 7) is 2.04. The van der Waals surface area contributed by atoms with Gasteiger partial charge < -0.3 is 4.74 Å². The van der Waals surface area contributed by atoms with E-state index < -0.39 is 0 Å². The minimum Gasteiger partial charge on any atom is -0.456 e. The second-order valence-corrected chi connectivity index (χ2v) is 2.99. The van der Waals surface area contributed by atoms with Gasteiger partial charge >= 0.3 is 0 Å². The maximum Gasteiger partial charge on any atom is 0.149 e. The van der Waals surface area contributed by atoms with E-state index >= 15 is 0 Å². The van der Waals surface area contributed by atoms with Crippen molar-refractivity contribution < 1.29 is 4.74 Å². The standard InChI is InChI=1S/C11H10N2O/c1-9-2-4-10(5-3-9)14-11-6-7-12-13-8-11/h2-8H,1H3. The number of hydrogen-bond acceptors (Lipinski definition) is 3. The van der Waals surface area contributed by atoms with Gasteiger partial charge in [0, 0.05) is 6.07 Å². The van der Waals surface area contributed by atoms with Crippen molar-refractivity contribution in [3.63, 3.8) is 0 Å². The average Bonchev–Trinajstić information content (AvgIpc) is 2.23. The Morgan fingerprint density at radius 3 is 2.36 bits per heavy atom. The van der Waals surface area contributed by atoms with Crippen LogP contribution >= 0.6 is 0 Å². The van der Waals surface area contributed by atoms with Crippen molar-refractivity contribution in [1.29, 1.82) is 0 Å². The Hall–Kier alpha value is -1.90. The van der Waals surface area contributed by atoms with Crippen molar-refractivity contribution in [2.75, 3.05) is 0 Å². The summed E-state index contributed by atoms with van der Waals surface area (Å²) in [4.78, 5) is 0. The molecule has 0 atom stereocenters. The first-order chi connectivity index (χ1) is 6.84. The highest BCUT2D eigenvalue weighted by Crippen LogP contribution is 2.19. The zero-order chi connectivity index (χ0) is 9.80. The molecule has 0 fully saturated rings. The summed E-state index contributed by atoms with van der Waals surface area (Å²) in [6, 6.07) is 9.63. The molecule has 0 saturated carbocycles. The molecule has 0 unspecified atom stereocenters. The highest BCUT2D eigenvalue weighted by atomic mass is 16.5. The van der Waals surface area contributed by atoms with Crippen LogP contribution in [0.4, 0.5) is 0 Å². The van der Waals surface area contributed by atoms with E-state index in [0.717, 1.165) is 5.75 Å². The lowest BCUT2D eigenvalue weighted by Crippen LogP contribution is -1.86. The van der Waals surface area contributed by atoms with Gasteiger partial charge in [0.05, 0.1) is 12.4 Å². The Morgan fingerprint density at radius 2 is 1.71 bits per heavy atom. The molecule has 3 nitrogen and oxygen atoms in total. The lowest BCUT2D eigenvalue weighted by atomic mass is 10.2. The smallest absolute Gasteiger partial charge is 0.149 e. The zero-order valence-electron chi connectivity index (χ0n) is 7.84. The Bertz CT molecular complexity index is 397. The fraction of sp³-hybridized carbons (Fsp3) is 0.0909. The van der Waals surface area contributed by atoms with Gasteiger partial charge in [-0.2, -0.15) is 10.2 Å². The molecule has 2 aromatic rings. The summed E-state index contributed by atoms with van der Waals surface area (Å²) in [5.74, 6) is 1.51. The molecule has 2 rings (SSSR count). The molecule has 14 heavy (non-hydrogen) atoms. The van der Waals surface area contributed by atoms with Gasteiger partial charge in [0.1, 0.15) is 11.5 Å². The molecular formula is C11H10N2O. The number of rotatable bonds is 2. The molecule has 1 heterocycles. The van der Waals surface area contributed by atoms with Crippen molar-refractivity contribution in [3.8, 4) is 11.5 Å². The first-order valence-electron chi connectivity index (χ1n) is 4.36. The largest absolute Gasteiger partial charge is 0.456 e. The quantitative estimate of drug-likeness (QED) is 0.723. The SMILES string of the molecule is Cc1ccc(Oc2ccnnc2)cc1. The Morgan fingerprint density at radius 1 is 0.929 bits per heavy atom. The summed E-state index contributed by atoms with van der Waals surface area (Å²) in [7, 11) is 0. The van der Waals surface area contributed by atoms with E-state index in [1.54, 1.807) is 18.5 Å². The molecule has 1 aromatic carbocycles. The number of hydrogen-bond donors (Lipinski definition) is 0. The fourth-order valence-electron chi connectivity index (χ4n) is 1.08. The van der Waals surface area contributed by atoms with Gasteiger partial charge in [-0.05, 0) is 19.1 Å². The second-order valence-electron chi connectivity index (χ2n) is 2.99. The molecule has 0 radical (unpaired) electrons. The lowest BCUT2D eigenvalue weighted by molar-refractivity contribution is 0.478. The van der Waals surface area contributed by atoms with Crippen molar-refractivity contribution in [1.82, 2.24) is 10.2 Å². The van der Waals surface area contributed by atoms with Crippen LogP contribution in [0.15, 0.2) is 42.7 Å². The van der Waals surface area contributed by atoms with E-state index in [4.69, 9.17) is 4.74 Å². The Kier molecular flexibility index (Phi) is 2.40. The summed E-state index contributed by atoms with van der Waals surface area (Å²) >= 11 is 0. The van der Waals surface area contributed by atoms with Crippen molar-refractivity contribution in [2.24, 2.45) is 0 Å². The number of benzene rings is 1. The van der Waals surface area contributed by atoms with Gasteiger partial charge in [0.25, 0.3) is 0 Å². The third-order valence-electron chi connectivity index (χ3n) is 1.81. The van der Waals surface area contributed by atoms with Crippen LogP contribution in [-0.2, 0) is 0 Å². The van der Waals surface area contributed by atoms with Crippen LogP contribution < -0.4 is 4.74 Å². The normalized spacial score (nSPS) is 9.79. The van der Waals surface area contributed by atoms with Crippen LogP contribution in [0.25, 0.3) is 0 Å². The second kappa shape index (κ2) is 3.87. The first kappa shape index (κ1) is 8.69. The molecule has 70 valence electrons. The molecule has 0 saturated heterocycles. The van der Waals surface area contributed by atoms with E-state index in [2.05, 4.69) is 10.2 Å². The molecule has 0 aliphatic carbocycles. The lowest BCUT2D eigenvalue weighted by Gasteiger charge is -2.03. The predicted octanol–water partition coefficient (Wildman–Crippen LogP) is 2.58. The highest BCUT2D eigenvalue weighted by Gasteiger charge is 1.95. The van der Waals surface area contributed by atoms with Crippen molar-refractivity contribution in [2.45, 2.75) is 6.92 Å². The van der Waals surface area contributed by atoms with Crippen molar-refractivity contribution >= 4 is 0 Å². The van der Waals surface area contributed by atoms with Gasteiger partial charge in [-0.15, -0.1) is 0 Å². The predicted molar refractivity (Wildman–Crippen MR) is 53.3 cm³/mol. The fourth-order valence-corrected chi connectivity index (χ4v) is 1.08. The van der Waals surface area contributed by atoms with Gasteiger partial charge in [-0.1, -0.05) is 17.7 Å². The minimum atomic E-state index is 0.698. The molecular weight excluding hydrogens is 176 g/mol. The van der Waals surface area contributed by atoms with Crippen LogP contribution in [-0.4, -0.2) is 10.2 Å². The van der Waals surface area contributed by atoms with E-state index in [1.807, 2.05) is 31.2 Å². The molecule has 3 heteroatoms. The third-order valence-corrected chi connectivity index (χ3v) is 1.81. The Balaban J connectivity index is 2.16. The number of ether oxygens (including phenoxy) is 1. The summed E-state index contributed by atoms with van der Waals surface area (Å²) in [6.07, 6.45) is 3.18. The topological polar surface area (TPSA) is 35.0 Å². The van der Waals surface area contributed by atoms with Gasteiger partial charge in [-0.3, -0.25) is 0 Å². The molecule has 0 N–H and O–H groups in total. The Labute approximate surface area is 82.4 Å². The first-order valence-corrected chi connectivity index (χ1v) is 4.36. The molecule has 0 aliphatic rings. The summed E-state index contributed by atoms with van der Waals surface area (Å²) < 4.78 is 5.53. The third kappa shape index (κ3) is 2.07. The maximum atomic E-state index is 5.53. The number of aryl methyl sites for hydroxylation is 1. The van der Waals surface area contributed by atoms with Crippen LogP contribution in [0.5, 0.6) is 11.5 Å². The van der Waals surface area contributed by atoms with E-state index in [0.29, 0.717) is 5.75 Å². The molecule has 0 bridgehead atoms. The molecule has 0 amide bonds. The monoisotopic (exact) mass is 186 g/mol. The zero-order valence-corrected chi connectivity index (χ0v) is 7.84. The summed E-state index contributed by atoms with van der Waals surface area (Å²) in [5, 5.41) is 7.39. The van der Waals surface area contributed by atoms with Crippen LogP contribution in [0.2, 0.25) is 0 Å². The molecule has 1 aromatic heterocycles. The van der Waals surface area contributed by atoms with Crippen LogP contribution in [0.3, 0.4) is 0 Å². The van der Waals surface area contributed by atoms with Gasteiger partial charge in [-0.25, -0.2) is 0 Å². The molecule has 0 spiro atoms. The minimum absolute atomic E-state index is 0.698. The van der Waals surface area contributed by atoms with Gasteiger partial charge in [0.2, 0.25) is 0 Å². The van der Waals surface area contributed by atoms with E-state index in [1.165, 1.54) is 5.56 Å². The number of aromatic nitrogens is 2. The van der Waals surface area contributed by atoms with Gasteiger partial charge in [0.15, 0.2) is 0 Å².